The summed E-state index contributed by atoms with van der Waals surface area (Å²) < 4.78 is 0. The molecule has 0 N–H and O–H groups in total. The normalized spacial score (nSPS) is 21.0. The van der Waals surface area contributed by atoms with E-state index < -0.39 is 0 Å². The average Bonchev–Trinajstić information content (AvgIpc) is 2.75. The number of hydrogen-bond donors (Lipinski definition) is 0. The van der Waals surface area contributed by atoms with Gasteiger partial charge in [0.1, 0.15) is 0 Å². The summed E-state index contributed by atoms with van der Waals surface area (Å²) in [6.45, 7) is 2.29. The first-order valence-corrected chi connectivity index (χ1v) is 8.10. The van der Waals surface area contributed by atoms with Crippen LogP contribution in [0.2, 0.25) is 0 Å². The number of unbranched alkanes of at least 4 members (excludes halogenated alkanes) is 7. The van der Waals surface area contributed by atoms with Gasteiger partial charge >= 0.3 is 0 Å². The zero-order valence-electron chi connectivity index (χ0n) is 10.5. The van der Waals surface area contributed by atoms with Gasteiger partial charge in [-0.3, -0.25) is 0 Å². The largest absolute Gasteiger partial charge is 0.159 e. The van der Waals surface area contributed by atoms with Crippen LogP contribution in [0.3, 0.4) is 0 Å². The van der Waals surface area contributed by atoms with Crippen LogP contribution in [0.1, 0.15) is 77.6 Å². The third kappa shape index (κ3) is 7.27. The fourth-order valence-electron chi connectivity index (χ4n) is 2.38. The summed E-state index contributed by atoms with van der Waals surface area (Å²) >= 11 is 2.22. The molecule has 1 aliphatic heterocycles. The molecule has 1 aliphatic rings. The second-order valence-electron chi connectivity index (χ2n) is 4.90. The van der Waals surface area contributed by atoms with Gasteiger partial charge in [0.05, 0.1) is 0 Å². The van der Waals surface area contributed by atoms with Crippen LogP contribution in [0.5, 0.6) is 0 Å². The van der Waals surface area contributed by atoms with Crippen LogP contribution in [0, 0.1) is 0 Å². The van der Waals surface area contributed by atoms with Crippen LogP contribution in [-0.2, 0) is 0 Å². The summed E-state index contributed by atoms with van der Waals surface area (Å²) in [6, 6.07) is 0. The third-order valence-electron chi connectivity index (χ3n) is 3.40. The Morgan fingerprint density at radius 1 is 0.933 bits per heavy atom. The van der Waals surface area contributed by atoms with E-state index >= 15 is 0 Å². The van der Waals surface area contributed by atoms with Gasteiger partial charge < -0.3 is 0 Å². The van der Waals surface area contributed by atoms with Gasteiger partial charge in [-0.1, -0.05) is 58.3 Å². The molecular weight excluding hydrogens is 200 g/mol. The number of hydrogen-bond acceptors (Lipinski definition) is 1. The molecule has 1 unspecified atom stereocenters. The molecule has 0 amide bonds. The molecule has 15 heavy (non-hydrogen) atoms. The van der Waals surface area contributed by atoms with Crippen molar-refractivity contribution in [1.82, 2.24) is 0 Å². The van der Waals surface area contributed by atoms with Crippen molar-refractivity contribution in [2.45, 2.75) is 82.8 Å². The molecule has 1 rings (SSSR count). The Hall–Kier alpha value is 0.350. The van der Waals surface area contributed by atoms with Crippen molar-refractivity contribution >= 4 is 11.8 Å². The Kier molecular flexibility index (Phi) is 8.56. The lowest BCUT2D eigenvalue weighted by Crippen LogP contribution is -1.95. The minimum absolute atomic E-state index is 1.03. The molecule has 0 aromatic rings. The standard InChI is InChI=1S/C14H28S/c1-2-3-4-5-6-7-8-9-11-14-12-10-13-15-14/h14H,2-13H2,1H3. The quantitative estimate of drug-likeness (QED) is 0.475. The molecule has 0 saturated carbocycles. The molecule has 0 aromatic heterocycles. The lowest BCUT2D eigenvalue weighted by molar-refractivity contribution is 0.557. The SMILES string of the molecule is CCCCCCCCCCC1CCCS1. The minimum Gasteiger partial charge on any atom is -0.159 e. The summed E-state index contributed by atoms with van der Waals surface area (Å²) in [5.74, 6) is 1.43. The zero-order valence-corrected chi connectivity index (χ0v) is 11.3. The molecule has 90 valence electrons. The van der Waals surface area contributed by atoms with Crippen molar-refractivity contribution in [3.05, 3.63) is 0 Å². The molecule has 1 saturated heterocycles. The van der Waals surface area contributed by atoms with E-state index in [9.17, 15) is 0 Å². The minimum atomic E-state index is 1.03. The predicted molar refractivity (Wildman–Crippen MR) is 72.7 cm³/mol. The van der Waals surface area contributed by atoms with Crippen molar-refractivity contribution in [3.8, 4) is 0 Å². The van der Waals surface area contributed by atoms with Gasteiger partial charge in [0, 0.05) is 5.25 Å². The van der Waals surface area contributed by atoms with Crippen molar-refractivity contribution in [1.29, 1.82) is 0 Å². The summed E-state index contributed by atoms with van der Waals surface area (Å²) in [7, 11) is 0. The van der Waals surface area contributed by atoms with Crippen LogP contribution < -0.4 is 0 Å². The fraction of sp³-hybridized carbons (Fsp3) is 1.00. The topological polar surface area (TPSA) is 0 Å². The Bertz CT molecular complexity index is 127. The van der Waals surface area contributed by atoms with Gasteiger partial charge in [-0.25, -0.2) is 0 Å². The molecule has 1 heteroatoms. The second kappa shape index (κ2) is 9.57. The first kappa shape index (κ1) is 13.4. The van der Waals surface area contributed by atoms with E-state index in [1.165, 1.54) is 76.4 Å². The lowest BCUT2D eigenvalue weighted by atomic mass is 10.1. The van der Waals surface area contributed by atoms with Crippen LogP contribution >= 0.6 is 11.8 Å². The van der Waals surface area contributed by atoms with Crippen molar-refractivity contribution in [2.75, 3.05) is 5.75 Å². The maximum Gasteiger partial charge on any atom is 0.00473 e. The molecule has 1 atom stereocenters. The Morgan fingerprint density at radius 2 is 1.60 bits per heavy atom. The highest BCUT2D eigenvalue weighted by Crippen LogP contribution is 2.30. The first-order chi connectivity index (χ1) is 7.43. The molecule has 0 nitrogen and oxygen atoms in total. The van der Waals surface area contributed by atoms with Gasteiger partial charge in [0.15, 0.2) is 0 Å². The summed E-state index contributed by atoms with van der Waals surface area (Å²) in [5, 5.41) is 1.03. The van der Waals surface area contributed by atoms with E-state index in [2.05, 4.69) is 18.7 Å². The van der Waals surface area contributed by atoms with E-state index in [4.69, 9.17) is 0 Å². The summed E-state index contributed by atoms with van der Waals surface area (Å²) in [5.41, 5.74) is 0. The summed E-state index contributed by atoms with van der Waals surface area (Å²) in [4.78, 5) is 0. The second-order valence-corrected chi connectivity index (χ2v) is 6.31. The molecule has 1 fully saturated rings. The summed E-state index contributed by atoms with van der Waals surface area (Å²) in [6.07, 6.45) is 16.2. The van der Waals surface area contributed by atoms with Crippen molar-refractivity contribution in [3.63, 3.8) is 0 Å². The van der Waals surface area contributed by atoms with Gasteiger partial charge in [0.2, 0.25) is 0 Å². The highest BCUT2D eigenvalue weighted by atomic mass is 32.2. The van der Waals surface area contributed by atoms with Crippen molar-refractivity contribution < 1.29 is 0 Å². The monoisotopic (exact) mass is 228 g/mol. The van der Waals surface area contributed by atoms with Crippen molar-refractivity contribution in [2.24, 2.45) is 0 Å². The van der Waals surface area contributed by atoms with Gasteiger partial charge in [0.25, 0.3) is 0 Å². The van der Waals surface area contributed by atoms with E-state index in [1.807, 2.05) is 0 Å². The Labute approximate surface area is 101 Å². The highest BCUT2D eigenvalue weighted by Gasteiger charge is 2.14. The highest BCUT2D eigenvalue weighted by molar-refractivity contribution is 8.00. The van der Waals surface area contributed by atoms with E-state index in [0.717, 1.165) is 5.25 Å². The van der Waals surface area contributed by atoms with Gasteiger partial charge in [-0.05, 0) is 25.0 Å². The Balaban J connectivity index is 1.73. The average molecular weight is 228 g/mol. The lowest BCUT2D eigenvalue weighted by Gasteiger charge is -2.07. The number of rotatable bonds is 9. The first-order valence-electron chi connectivity index (χ1n) is 7.05. The molecule has 1 heterocycles. The third-order valence-corrected chi connectivity index (χ3v) is 4.87. The van der Waals surface area contributed by atoms with Crippen LogP contribution in [-0.4, -0.2) is 11.0 Å². The molecule has 0 aliphatic carbocycles. The van der Waals surface area contributed by atoms with E-state index in [0.29, 0.717) is 0 Å². The van der Waals surface area contributed by atoms with Gasteiger partial charge in [-0.2, -0.15) is 11.8 Å². The van der Waals surface area contributed by atoms with Gasteiger partial charge in [-0.15, -0.1) is 0 Å². The van der Waals surface area contributed by atoms with Crippen LogP contribution in [0.25, 0.3) is 0 Å². The van der Waals surface area contributed by atoms with Crippen LogP contribution in [0.15, 0.2) is 0 Å². The molecule has 0 aromatic carbocycles. The molecule has 0 radical (unpaired) electrons. The Morgan fingerprint density at radius 3 is 2.20 bits per heavy atom. The number of thioether (sulfide) groups is 1. The fourth-order valence-corrected chi connectivity index (χ4v) is 3.71. The molecule has 0 spiro atoms. The van der Waals surface area contributed by atoms with Crippen LogP contribution in [0.4, 0.5) is 0 Å². The maximum atomic E-state index is 2.29. The smallest absolute Gasteiger partial charge is 0.00473 e. The molecule has 0 bridgehead atoms. The predicted octanol–water partition coefficient (Wildman–Crippen LogP) is 5.41. The molecular formula is C14H28S. The maximum absolute atomic E-state index is 2.29. The van der Waals surface area contributed by atoms with E-state index in [-0.39, 0.29) is 0 Å². The van der Waals surface area contributed by atoms with E-state index in [1.54, 1.807) is 0 Å². The zero-order chi connectivity index (χ0) is 10.8.